The summed E-state index contributed by atoms with van der Waals surface area (Å²) in [5.74, 6) is -1.23. The Morgan fingerprint density at radius 3 is 2.42 bits per heavy atom. The third kappa shape index (κ3) is 4.02. The Labute approximate surface area is 110 Å². The molecule has 0 aliphatic carbocycles. The van der Waals surface area contributed by atoms with Gasteiger partial charge in [-0.2, -0.15) is 0 Å². The zero-order valence-corrected chi connectivity index (χ0v) is 11.3. The molecule has 0 spiro atoms. The minimum Gasteiger partial charge on any atom is -0.469 e. The van der Waals surface area contributed by atoms with Crippen LogP contribution in [0.1, 0.15) is 30.0 Å². The van der Waals surface area contributed by atoms with Gasteiger partial charge in [0.2, 0.25) is 0 Å². The number of carbonyl (C=O) groups is 2. The molecule has 0 unspecified atom stereocenters. The SMILES string of the molecule is COC(=O)Cc1c(C(=O)OC)nnn1CC(C)(C)O. The van der Waals surface area contributed by atoms with E-state index in [9.17, 15) is 14.7 Å². The number of hydrogen-bond acceptors (Lipinski definition) is 7. The smallest absolute Gasteiger partial charge is 0.360 e. The van der Waals surface area contributed by atoms with Gasteiger partial charge in [0, 0.05) is 0 Å². The summed E-state index contributed by atoms with van der Waals surface area (Å²) in [6, 6.07) is 0. The van der Waals surface area contributed by atoms with Crippen molar-refractivity contribution in [3.05, 3.63) is 11.4 Å². The Hall–Kier alpha value is -1.96. The van der Waals surface area contributed by atoms with Crippen LogP contribution in [0, 0.1) is 0 Å². The minimum absolute atomic E-state index is 0.0582. The van der Waals surface area contributed by atoms with Gasteiger partial charge in [0.15, 0.2) is 5.69 Å². The second-order valence-electron chi connectivity index (χ2n) is 4.60. The summed E-state index contributed by atoms with van der Waals surface area (Å²) in [7, 11) is 2.45. The van der Waals surface area contributed by atoms with E-state index in [1.165, 1.54) is 18.9 Å². The number of hydrogen-bond donors (Lipinski definition) is 1. The summed E-state index contributed by atoms with van der Waals surface area (Å²) < 4.78 is 10.4. The Kier molecular flexibility index (Phi) is 4.60. The second kappa shape index (κ2) is 5.79. The lowest BCUT2D eigenvalue weighted by atomic mass is 10.1. The number of aliphatic hydroxyl groups is 1. The molecule has 0 bridgehead atoms. The molecule has 8 heteroatoms. The number of nitrogens with zero attached hydrogens (tertiary/aromatic N) is 3. The van der Waals surface area contributed by atoms with E-state index in [-0.39, 0.29) is 24.4 Å². The van der Waals surface area contributed by atoms with E-state index < -0.39 is 17.5 Å². The molecule has 0 amide bonds. The standard InChI is InChI=1S/C11H17N3O5/c1-11(2,17)6-14-7(5-8(15)18-3)9(12-13-14)10(16)19-4/h17H,5-6H2,1-4H3. The molecule has 1 heterocycles. The first-order chi connectivity index (χ1) is 8.78. The van der Waals surface area contributed by atoms with Crippen LogP contribution in [0.2, 0.25) is 0 Å². The minimum atomic E-state index is -1.06. The van der Waals surface area contributed by atoms with Crippen LogP contribution >= 0.6 is 0 Å². The molecule has 0 radical (unpaired) electrons. The molecule has 1 rings (SSSR count). The van der Waals surface area contributed by atoms with Gasteiger partial charge in [-0.3, -0.25) is 4.79 Å². The van der Waals surface area contributed by atoms with E-state index in [1.807, 2.05) is 0 Å². The van der Waals surface area contributed by atoms with Crippen LogP contribution in [0.15, 0.2) is 0 Å². The molecule has 106 valence electrons. The van der Waals surface area contributed by atoms with Crippen molar-refractivity contribution in [1.82, 2.24) is 15.0 Å². The molecular weight excluding hydrogens is 254 g/mol. The maximum Gasteiger partial charge on any atom is 0.360 e. The summed E-state index contributed by atoms with van der Waals surface area (Å²) in [6.45, 7) is 3.24. The third-order valence-corrected chi connectivity index (χ3v) is 2.29. The van der Waals surface area contributed by atoms with Gasteiger partial charge in [-0.25, -0.2) is 9.48 Å². The van der Waals surface area contributed by atoms with E-state index in [2.05, 4.69) is 19.8 Å². The molecule has 19 heavy (non-hydrogen) atoms. The summed E-state index contributed by atoms with van der Waals surface area (Å²) in [6.07, 6.45) is -0.177. The summed E-state index contributed by atoms with van der Waals surface area (Å²) in [5.41, 5.74) is -0.871. The molecule has 0 saturated carbocycles. The van der Waals surface area contributed by atoms with Crippen LogP contribution in [0.3, 0.4) is 0 Å². The van der Waals surface area contributed by atoms with Gasteiger partial charge in [0.1, 0.15) is 0 Å². The van der Waals surface area contributed by atoms with E-state index in [0.717, 1.165) is 0 Å². The highest BCUT2D eigenvalue weighted by Crippen LogP contribution is 2.13. The lowest BCUT2D eigenvalue weighted by molar-refractivity contribution is -0.139. The monoisotopic (exact) mass is 271 g/mol. The number of aromatic nitrogens is 3. The van der Waals surface area contributed by atoms with Gasteiger partial charge in [0.25, 0.3) is 0 Å². The molecule has 0 fully saturated rings. The van der Waals surface area contributed by atoms with E-state index in [0.29, 0.717) is 0 Å². The first-order valence-corrected chi connectivity index (χ1v) is 5.58. The van der Waals surface area contributed by atoms with Crippen molar-refractivity contribution < 1.29 is 24.2 Å². The molecule has 0 atom stereocenters. The Morgan fingerprint density at radius 2 is 1.95 bits per heavy atom. The number of ether oxygens (including phenoxy) is 2. The molecule has 0 aromatic carbocycles. The molecule has 1 aromatic rings. The predicted octanol–water partition coefficient (Wildman–Crippen LogP) is -0.449. The number of rotatable bonds is 5. The molecule has 0 aliphatic rings. The quantitative estimate of drug-likeness (QED) is 0.723. The molecular formula is C11H17N3O5. The van der Waals surface area contributed by atoms with Gasteiger partial charge in [0.05, 0.1) is 38.5 Å². The topological polar surface area (TPSA) is 104 Å². The van der Waals surface area contributed by atoms with Gasteiger partial charge in [-0.15, -0.1) is 5.10 Å². The van der Waals surface area contributed by atoms with Gasteiger partial charge < -0.3 is 14.6 Å². The van der Waals surface area contributed by atoms with E-state index >= 15 is 0 Å². The van der Waals surface area contributed by atoms with Crippen molar-refractivity contribution in [3.8, 4) is 0 Å². The van der Waals surface area contributed by atoms with Crippen molar-refractivity contribution in [2.45, 2.75) is 32.4 Å². The number of methoxy groups -OCH3 is 2. The maximum atomic E-state index is 11.5. The molecule has 1 N–H and O–H groups in total. The zero-order chi connectivity index (χ0) is 14.6. The van der Waals surface area contributed by atoms with E-state index in [4.69, 9.17) is 0 Å². The van der Waals surface area contributed by atoms with Crippen LogP contribution < -0.4 is 0 Å². The fourth-order valence-electron chi connectivity index (χ4n) is 1.47. The van der Waals surface area contributed by atoms with Crippen LogP contribution in [0.25, 0.3) is 0 Å². The van der Waals surface area contributed by atoms with Crippen LogP contribution in [0.4, 0.5) is 0 Å². The predicted molar refractivity (Wildman–Crippen MR) is 63.4 cm³/mol. The van der Waals surface area contributed by atoms with Crippen molar-refractivity contribution in [2.75, 3.05) is 14.2 Å². The van der Waals surface area contributed by atoms with Crippen molar-refractivity contribution >= 4 is 11.9 Å². The molecule has 0 aliphatic heterocycles. The highest BCUT2D eigenvalue weighted by atomic mass is 16.5. The van der Waals surface area contributed by atoms with E-state index in [1.54, 1.807) is 13.8 Å². The third-order valence-electron chi connectivity index (χ3n) is 2.29. The van der Waals surface area contributed by atoms with Crippen LogP contribution in [-0.4, -0.2) is 51.9 Å². The number of esters is 2. The summed E-state index contributed by atoms with van der Waals surface area (Å²) in [5, 5.41) is 17.2. The molecule has 8 nitrogen and oxygen atoms in total. The van der Waals surface area contributed by atoms with Gasteiger partial charge in [-0.1, -0.05) is 5.21 Å². The highest BCUT2D eigenvalue weighted by molar-refractivity contribution is 5.89. The van der Waals surface area contributed by atoms with Crippen molar-refractivity contribution in [3.63, 3.8) is 0 Å². The summed E-state index contributed by atoms with van der Waals surface area (Å²) >= 11 is 0. The fraction of sp³-hybridized carbons (Fsp3) is 0.636. The molecule has 0 saturated heterocycles. The highest BCUT2D eigenvalue weighted by Gasteiger charge is 2.25. The summed E-state index contributed by atoms with van der Waals surface area (Å²) in [4.78, 5) is 22.9. The molecule has 1 aromatic heterocycles. The average molecular weight is 271 g/mol. The Morgan fingerprint density at radius 1 is 1.32 bits per heavy atom. The van der Waals surface area contributed by atoms with Crippen LogP contribution in [0.5, 0.6) is 0 Å². The first kappa shape index (κ1) is 15.1. The van der Waals surface area contributed by atoms with Gasteiger partial charge in [-0.05, 0) is 13.8 Å². The van der Waals surface area contributed by atoms with Crippen LogP contribution in [-0.2, 0) is 27.2 Å². The lowest BCUT2D eigenvalue weighted by Crippen LogP contribution is -2.28. The normalized spacial score (nSPS) is 11.2. The average Bonchev–Trinajstić information content (AvgIpc) is 2.69. The Balaban J connectivity index is 3.13. The maximum absolute atomic E-state index is 11.5. The van der Waals surface area contributed by atoms with Gasteiger partial charge >= 0.3 is 11.9 Å². The first-order valence-electron chi connectivity index (χ1n) is 5.58. The largest absolute Gasteiger partial charge is 0.469 e. The van der Waals surface area contributed by atoms with Crippen molar-refractivity contribution in [2.24, 2.45) is 0 Å². The fourth-order valence-corrected chi connectivity index (χ4v) is 1.47. The second-order valence-corrected chi connectivity index (χ2v) is 4.60. The van der Waals surface area contributed by atoms with Crippen molar-refractivity contribution in [1.29, 1.82) is 0 Å². The number of carbonyl (C=O) groups excluding carboxylic acids is 2. The lowest BCUT2D eigenvalue weighted by Gasteiger charge is -2.17. The zero-order valence-electron chi connectivity index (χ0n) is 11.3. The Bertz CT molecular complexity index is 475.